The van der Waals surface area contributed by atoms with Crippen molar-refractivity contribution < 1.29 is 4.42 Å². The number of para-hydroxylation sites is 3. The van der Waals surface area contributed by atoms with Gasteiger partial charge in [0, 0.05) is 49.1 Å². The molecule has 0 aliphatic heterocycles. The van der Waals surface area contributed by atoms with E-state index in [1.807, 2.05) is 6.07 Å². The second-order valence-electron chi connectivity index (χ2n) is 14.0. The Bertz CT molecular complexity index is 3450. The summed E-state index contributed by atoms with van der Waals surface area (Å²) < 4.78 is 11.3. The zero-order valence-corrected chi connectivity index (χ0v) is 28.6. The second kappa shape index (κ2) is 10.7. The van der Waals surface area contributed by atoms with Crippen molar-refractivity contribution in [2.75, 3.05) is 0 Å². The van der Waals surface area contributed by atoms with Crippen LogP contribution in [0.4, 0.5) is 0 Å². The van der Waals surface area contributed by atoms with Crippen molar-refractivity contribution in [2.45, 2.75) is 0 Å². The highest BCUT2D eigenvalue weighted by molar-refractivity contribution is 6.39. The van der Waals surface area contributed by atoms with E-state index in [1.165, 1.54) is 65.2 Å². The number of hydrogen-bond donors (Lipinski definition) is 0. The summed E-state index contributed by atoms with van der Waals surface area (Å²) in [6, 6.07) is 65.9. The molecule has 0 saturated carbocycles. The second-order valence-corrected chi connectivity index (χ2v) is 14.0. The first-order valence-corrected chi connectivity index (χ1v) is 18.2. The standard InChI is InChI=1S/C50H30N2O/c1-2-16-33(17-3-1)51-41-25-10-8-22-39(41)48-49(51)38-21-7-6-20-37(38)47-46-35-19-5-4-14-31(35)28-29-42(46)52(50(47)48)34-18-12-15-32(30-34)36-24-13-27-44-45(36)40-23-9-11-26-43(40)53-44/h1-30H. The summed E-state index contributed by atoms with van der Waals surface area (Å²) in [6.07, 6.45) is 0. The smallest absolute Gasteiger partial charge is 0.136 e. The van der Waals surface area contributed by atoms with Crippen molar-refractivity contribution >= 4 is 87.1 Å². The van der Waals surface area contributed by atoms with E-state index in [4.69, 9.17) is 4.42 Å². The lowest BCUT2D eigenvalue weighted by Crippen LogP contribution is -1.97. The van der Waals surface area contributed by atoms with Crippen LogP contribution in [0, 0.1) is 0 Å². The number of furan rings is 1. The fourth-order valence-corrected chi connectivity index (χ4v) is 9.14. The predicted molar refractivity (Wildman–Crippen MR) is 223 cm³/mol. The Hall–Kier alpha value is -7.10. The van der Waals surface area contributed by atoms with E-state index in [2.05, 4.69) is 185 Å². The molecule has 0 spiro atoms. The summed E-state index contributed by atoms with van der Waals surface area (Å²) in [5.41, 5.74) is 11.2. The maximum atomic E-state index is 6.33. The highest BCUT2D eigenvalue weighted by Crippen LogP contribution is 2.48. The molecule has 12 aromatic rings. The van der Waals surface area contributed by atoms with Crippen LogP contribution in [-0.2, 0) is 0 Å². The molecule has 0 radical (unpaired) electrons. The molecule has 0 fully saturated rings. The molecule has 12 rings (SSSR count). The molecule has 0 amide bonds. The fraction of sp³-hybridized carbons (Fsp3) is 0. The van der Waals surface area contributed by atoms with Crippen LogP contribution < -0.4 is 0 Å². The van der Waals surface area contributed by atoms with Gasteiger partial charge in [-0.1, -0.05) is 133 Å². The Labute approximate surface area is 304 Å². The third-order valence-electron chi connectivity index (χ3n) is 11.3. The van der Waals surface area contributed by atoms with Gasteiger partial charge in [0.25, 0.3) is 0 Å². The molecule has 0 aliphatic rings. The zero-order valence-electron chi connectivity index (χ0n) is 28.6. The molecule has 0 unspecified atom stereocenters. The van der Waals surface area contributed by atoms with Gasteiger partial charge in [0.05, 0.1) is 22.1 Å². The molecule has 0 N–H and O–H groups in total. The summed E-state index contributed by atoms with van der Waals surface area (Å²) in [6.45, 7) is 0. The van der Waals surface area contributed by atoms with Crippen LogP contribution in [0.2, 0.25) is 0 Å². The average Bonchev–Trinajstić information content (AvgIpc) is 3.90. The third kappa shape index (κ3) is 3.88. The van der Waals surface area contributed by atoms with E-state index in [-0.39, 0.29) is 0 Å². The van der Waals surface area contributed by atoms with Gasteiger partial charge in [-0.15, -0.1) is 0 Å². The van der Waals surface area contributed by atoms with E-state index in [1.54, 1.807) is 0 Å². The van der Waals surface area contributed by atoms with Gasteiger partial charge in [-0.3, -0.25) is 0 Å². The average molecular weight is 675 g/mol. The van der Waals surface area contributed by atoms with Gasteiger partial charge in [0.1, 0.15) is 11.2 Å². The molecule has 9 aromatic carbocycles. The van der Waals surface area contributed by atoms with Crippen LogP contribution in [0.1, 0.15) is 0 Å². The SMILES string of the molecule is c1ccc(-n2c3ccccc3c3c2c2ccccc2c2c4c5ccccc5ccc4n(-c4cccc(-c5cccc6oc7ccccc7c56)c4)c23)cc1. The highest BCUT2D eigenvalue weighted by Gasteiger charge is 2.25. The first-order valence-electron chi connectivity index (χ1n) is 18.2. The largest absolute Gasteiger partial charge is 0.456 e. The summed E-state index contributed by atoms with van der Waals surface area (Å²) in [5, 5.41) is 12.3. The number of fused-ring (bicyclic) bond motifs is 15. The molecular formula is C50H30N2O. The summed E-state index contributed by atoms with van der Waals surface area (Å²) in [7, 11) is 0. The van der Waals surface area contributed by atoms with Crippen LogP contribution in [0.5, 0.6) is 0 Å². The maximum Gasteiger partial charge on any atom is 0.136 e. The normalized spacial score (nSPS) is 12.2. The topological polar surface area (TPSA) is 23.0 Å². The van der Waals surface area contributed by atoms with Crippen LogP contribution in [0.25, 0.3) is 110 Å². The van der Waals surface area contributed by atoms with Crippen LogP contribution in [-0.4, -0.2) is 9.13 Å². The van der Waals surface area contributed by atoms with Crippen LogP contribution >= 0.6 is 0 Å². The minimum Gasteiger partial charge on any atom is -0.456 e. The Morgan fingerprint density at radius 1 is 0.340 bits per heavy atom. The van der Waals surface area contributed by atoms with Gasteiger partial charge >= 0.3 is 0 Å². The quantitative estimate of drug-likeness (QED) is 0.183. The lowest BCUT2D eigenvalue weighted by atomic mass is 9.97. The molecule has 0 aliphatic carbocycles. The van der Waals surface area contributed by atoms with Crippen molar-refractivity contribution in [3.8, 4) is 22.5 Å². The highest BCUT2D eigenvalue weighted by atomic mass is 16.3. The molecule has 3 aromatic heterocycles. The molecule has 3 heterocycles. The Morgan fingerprint density at radius 3 is 1.89 bits per heavy atom. The summed E-state index contributed by atoms with van der Waals surface area (Å²) in [4.78, 5) is 0. The van der Waals surface area contributed by atoms with E-state index >= 15 is 0 Å². The van der Waals surface area contributed by atoms with Crippen LogP contribution in [0.3, 0.4) is 0 Å². The lowest BCUT2D eigenvalue weighted by molar-refractivity contribution is 0.669. The first-order chi connectivity index (χ1) is 26.3. The van der Waals surface area contributed by atoms with Crippen molar-refractivity contribution in [1.29, 1.82) is 0 Å². The Morgan fingerprint density at radius 2 is 1.00 bits per heavy atom. The molecule has 0 atom stereocenters. The number of nitrogens with zero attached hydrogens (tertiary/aromatic N) is 2. The van der Waals surface area contributed by atoms with Gasteiger partial charge < -0.3 is 13.6 Å². The lowest BCUT2D eigenvalue weighted by Gasteiger charge is -2.14. The molecule has 53 heavy (non-hydrogen) atoms. The van der Waals surface area contributed by atoms with Gasteiger partial charge in [0.15, 0.2) is 0 Å². The minimum atomic E-state index is 0.902. The van der Waals surface area contributed by atoms with Crippen molar-refractivity contribution in [3.63, 3.8) is 0 Å². The van der Waals surface area contributed by atoms with Crippen molar-refractivity contribution in [1.82, 2.24) is 9.13 Å². The molecule has 3 nitrogen and oxygen atoms in total. The van der Waals surface area contributed by atoms with E-state index < -0.39 is 0 Å². The van der Waals surface area contributed by atoms with Gasteiger partial charge in [-0.25, -0.2) is 0 Å². The van der Waals surface area contributed by atoms with E-state index in [0.717, 1.165) is 44.4 Å². The van der Waals surface area contributed by atoms with Gasteiger partial charge in [-0.05, 0) is 75.8 Å². The molecule has 0 saturated heterocycles. The molecular weight excluding hydrogens is 645 g/mol. The first kappa shape index (κ1) is 28.6. The minimum absolute atomic E-state index is 0.902. The number of aromatic nitrogens is 2. The van der Waals surface area contributed by atoms with Gasteiger partial charge in [-0.2, -0.15) is 0 Å². The molecule has 0 bridgehead atoms. The Balaban J connectivity index is 1.30. The number of hydrogen-bond acceptors (Lipinski definition) is 1. The summed E-state index contributed by atoms with van der Waals surface area (Å²) >= 11 is 0. The number of rotatable bonds is 3. The predicted octanol–water partition coefficient (Wildman–Crippen LogP) is 13.8. The van der Waals surface area contributed by atoms with E-state index in [0.29, 0.717) is 0 Å². The monoisotopic (exact) mass is 674 g/mol. The van der Waals surface area contributed by atoms with Crippen molar-refractivity contribution in [3.05, 3.63) is 182 Å². The third-order valence-corrected chi connectivity index (χ3v) is 11.3. The fourth-order valence-electron chi connectivity index (χ4n) is 9.14. The number of benzene rings is 9. The maximum absolute atomic E-state index is 6.33. The van der Waals surface area contributed by atoms with E-state index in [9.17, 15) is 0 Å². The van der Waals surface area contributed by atoms with Gasteiger partial charge in [0.2, 0.25) is 0 Å². The van der Waals surface area contributed by atoms with Crippen molar-refractivity contribution in [2.24, 2.45) is 0 Å². The zero-order chi connectivity index (χ0) is 34.6. The van der Waals surface area contributed by atoms with Crippen LogP contribution in [0.15, 0.2) is 186 Å². The molecule has 246 valence electrons. The summed E-state index contributed by atoms with van der Waals surface area (Å²) in [5.74, 6) is 0. The Kier molecular flexibility index (Phi) is 5.77. The molecule has 3 heteroatoms.